The summed E-state index contributed by atoms with van der Waals surface area (Å²) in [6.07, 6.45) is 5.00. The van der Waals surface area contributed by atoms with E-state index in [1.807, 2.05) is 0 Å². The lowest BCUT2D eigenvalue weighted by molar-refractivity contribution is 0.369. The number of aromatic hydroxyl groups is 1. The number of thiocarbonyl (C=S) groups is 1. The number of terminal acetylenes is 1. The highest BCUT2D eigenvalue weighted by Gasteiger charge is 2.00. The van der Waals surface area contributed by atoms with E-state index in [-0.39, 0.29) is 12.4 Å². The molecule has 0 amide bonds. The smallest absolute Gasteiger partial charge is 0.192 e. The van der Waals surface area contributed by atoms with E-state index in [9.17, 15) is 0 Å². The fourth-order valence-corrected chi connectivity index (χ4v) is 0.983. The van der Waals surface area contributed by atoms with Crippen LogP contribution in [0.2, 0.25) is 0 Å². The van der Waals surface area contributed by atoms with Crippen molar-refractivity contribution < 1.29 is 9.84 Å². The van der Waals surface area contributed by atoms with E-state index in [2.05, 4.69) is 5.92 Å². The maximum absolute atomic E-state index is 9.00. The zero-order valence-electron chi connectivity index (χ0n) is 6.86. The largest absolute Gasteiger partial charge is 0.508 e. The number of hydrogen-bond acceptors (Lipinski definition) is 3. The summed E-state index contributed by atoms with van der Waals surface area (Å²) in [7, 11) is 0. The molecule has 1 N–H and O–H groups in total. The van der Waals surface area contributed by atoms with Crippen LogP contribution >= 0.6 is 12.2 Å². The fourth-order valence-electron chi connectivity index (χ4n) is 0.788. The molecule has 0 aromatic heterocycles. The van der Waals surface area contributed by atoms with Gasteiger partial charge in [-0.05, 0) is 36.5 Å². The summed E-state index contributed by atoms with van der Waals surface area (Å²) in [5, 5.41) is 9.34. The van der Waals surface area contributed by atoms with Crippen LogP contribution in [0.4, 0.5) is 0 Å². The van der Waals surface area contributed by atoms with Gasteiger partial charge in [-0.25, -0.2) is 0 Å². The molecule has 0 saturated carbocycles. The zero-order valence-corrected chi connectivity index (χ0v) is 7.67. The second-order valence-corrected chi connectivity index (χ2v) is 2.70. The SMILES string of the molecule is C#CCOC(=S)c1ccc(O)cc1. The van der Waals surface area contributed by atoms with Crippen molar-refractivity contribution >= 4 is 17.3 Å². The van der Waals surface area contributed by atoms with Crippen LogP contribution in [0.15, 0.2) is 24.3 Å². The van der Waals surface area contributed by atoms with Gasteiger partial charge in [0.25, 0.3) is 0 Å². The molecule has 0 aliphatic rings. The van der Waals surface area contributed by atoms with Crippen molar-refractivity contribution in [2.45, 2.75) is 0 Å². The molecule has 0 aliphatic carbocycles. The molecule has 1 rings (SSSR count). The summed E-state index contributed by atoms with van der Waals surface area (Å²) < 4.78 is 5.03. The number of phenolic OH excluding ortho intramolecular Hbond substituents is 1. The van der Waals surface area contributed by atoms with E-state index in [1.54, 1.807) is 24.3 Å². The maximum atomic E-state index is 9.00. The first kappa shape index (κ1) is 9.56. The van der Waals surface area contributed by atoms with Crippen molar-refractivity contribution in [1.29, 1.82) is 0 Å². The monoisotopic (exact) mass is 192 g/mol. The maximum Gasteiger partial charge on any atom is 0.192 e. The summed E-state index contributed by atoms with van der Waals surface area (Å²) in [6, 6.07) is 6.43. The van der Waals surface area contributed by atoms with E-state index >= 15 is 0 Å². The second-order valence-electron chi connectivity index (χ2n) is 2.33. The molecule has 3 heteroatoms. The predicted octanol–water partition coefficient (Wildman–Crippen LogP) is 1.72. The van der Waals surface area contributed by atoms with Crippen molar-refractivity contribution in [2.24, 2.45) is 0 Å². The van der Waals surface area contributed by atoms with Crippen molar-refractivity contribution in [3.05, 3.63) is 29.8 Å². The van der Waals surface area contributed by atoms with Crippen molar-refractivity contribution in [3.63, 3.8) is 0 Å². The third-order valence-electron chi connectivity index (χ3n) is 1.39. The van der Waals surface area contributed by atoms with Gasteiger partial charge in [-0.1, -0.05) is 5.92 Å². The van der Waals surface area contributed by atoms with Gasteiger partial charge in [-0.2, -0.15) is 0 Å². The van der Waals surface area contributed by atoms with E-state index < -0.39 is 0 Å². The minimum Gasteiger partial charge on any atom is -0.508 e. The summed E-state index contributed by atoms with van der Waals surface area (Å²) in [5.41, 5.74) is 0.739. The van der Waals surface area contributed by atoms with Gasteiger partial charge in [-0.15, -0.1) is 6.42 Å². The molecule has 0 aliphatic heterocycles. The molecular formula is C10H8O2S. The number of hydrogen-bond donors (Lipinski definition) is 1. The zero-order chi connectivity index (χ0) is 9.68. The van der Waals surface area contributed by atoms with Gasteiger partial charge in [0.2, 0.25) is 0 Å². The Balaban J connectivity index is 2.68. The molecule has 1 aromatic rings. The standard InChI is InChI=1S/C10H8O2S/c1-2-7-12-10(13)8-3-5-9(11)6-4-8/h1,3-6,11H,7H2. The first-order chi connectivity index (χ1) is 6.24. The summed E-state index contributed by atoms with van der Waals surface area (Å²) in [4.78, 5) is 0. The normalized spacial score (nSPS) is 8.85. The van der Waals surface area contributed by atoms with Crippen LogP contribution in [-0.4, -0.2) is 16.8 Å². The van der Waals surface area contributed by atoms with Gasteiger partial charge in [0.05, 0.1) is 0 Å². The van der Waals surface area contributed by atoms with Crippen molar-refractivity contribution in [2.75, 3.05) is 6.61 Å². The first-order valence-electron chi connectivity index (χ1n) is 3.63. The van der Waals surface area contributed by atoms with Gasteiger partial charge >= 0.3 is 0 Å². The number of phenols is 1. The molecule has 0 saturated heterocycles. The Hall–Kier alpha value is -1.53. The van der Waals surface area contributed by atoms with Crippen molar-refractivity contribution in [3.8, 4) is 18.1 Å². The third-order valence-corrected chi connectivity index (χ3v) is 1.74. The van der Waals surface area contributed by atoms with Crippen LogP contribution in [0.3, 0.4) is 0 Å². The molecular weight excluding hydrogens is 184 g/mol. The highest BCUT2D eigenvalue weighted by molar-refractivity contribution is 7.80. The lowest BCUT2D eigenvalue weighted by atomic mass is 10.2. The van der Waals surface area contributed by atoms with Crippen LogP contribution in [0, 0.1) is 12.3 Å². The Labute approximate surface area is 82.2 Å². The van der Waals surface area contributed by atoms with Gasteiger partial charge in [0.15, 0.2) is 5.05 Å². The number of benzene rings is 1. The minimum atomic E-state index is 0.166. The molecule has 0 heterocycles. The molecule has 1 aromatic carbocycles. The lowest BCUT2D eigenvalue weighted by Crippen LogP contribution is -2.03. The van der Waals surface area contributed by atoms with E-state index in [0.29, 0.717) is 5.05 Å². The summed E-state index contributed by atoms with van der Waals surface area (Å²) in [5.74, 6) is 2.52. The third kappa shape index (κ3) is 2.77. The van der Waals surface area contributed by atoms with Crippen molar-refractivity contribution in [1.82, 2.24) is 0 Å². The van der Waals surface area contributed by atoms with Gasteiger partial charge in [-0.3, -0.25) is 0 Å². The summed E-state index contributed by atoms with van der Waals surface area (Å²) in [6.45, 7) is 0.166. The quantitative estimate of drug-likeness (QED) is 0.571. The van der Waals surface area contributed by atoms with Gasteiger partial charge in [0, 0.05) is 5.56 Å². The highest BCUT2D eigenvalue weighted by atomic mass is 32.1. The van der Waals surface area contributed by atoms with Gasteiger partial charge < -0.3 is 9.84 Å². The number of rotatable bonds is 2. The van der Waals surface area contributed by atoms with Crippen LogP contribution in [-0.2, 0) is 4.74 Å². The Kier molecular flexibility index (Phi) is 3.30. The topological polar surface area (TPSA) is 29.5 Å². The molecule has 0 bridgehead atoms. The van der Waals surface area contributed by atoms with E-state index in [1.165, 1.54) is 0 Å². The Morgan fingerprint density at radius 1 is 1.46 bits per heavy atom. The lowest BCUT2D eigenvalue weighted by Gasteiger charge is -2.03. The van der Waals surface area contributed by atoms with Crippen LogP contribution in [0.1, 0.15) is 5.56 Å². The molecule has 0 spiro atoms. The molecule has 13 heavy (non-hydrogen) atoms. The fraction of sp³-hybridized carbons (Fsp3) is 0.100. The molecule has 0 atom stereocenters. The van der Waals surface area contributed by atoms with Crippen LogP contribution in [0.5, 0.6) is 5.75 Å². The first-order valence-corrected chi connectivity index (χ1v) is 4.04. The van der Waals surface area contributed by atoms with E-state index in [4.69, 9.17) is 28.5 Å². The average Bonchev–Trinajstić information content (AvgIpc) is 2.15. The summed E-state index contributed by atoms with van der Waals surface area (Å²) >= 11 is 4.93. The van der Waals surface area contributed by atoms with Gasteiger partial charge in [0.1, 0.15) is 12.4 Å². The minimum absolute atomic E-state index is 0.166. The van der Waals surface area contributed by atoms with Crippen LogP contribution in [0.25, 0.3) is 0 Å². The Bertz CT molecular complexity index is 335. The predicted molar refractivity (Wildman–Crippen MR) is 54.6 cm³/mol. The molecule has 2 nitrogen and oxygen atoms in total. The second kappa shape index (κ2) is 4.48. The molecule has 0 fully saturated rings. The highest BCUT2D eigenvalue weighted by Crippen LogP contribution is 2.10. The number of ether oxygens (including phenoxy) is 1. The van der Waals surface area contributed by atoms with Crippen LogP contribution < -0.4 is 0 Å². The molecule has 0 unspecified atom stereocenters. The Morgan fingerprint density at radius 3 is 2.62 bits per heavy atom. The Morgan fingerprint density at radius 2 is 2.08 bits per heavy atom. The molecule has 0 radical (unpaired) electrons. The van der Waals surface area contributed by atoms with E-state index in [0.717, 1.165) is 5.56 Å². The molecule has 66 valence electrons. The average molecular weight is 192 g/mol.